The minimum atomic E-state index is -0.274. The first-order valence-electron chi connectivity index (χ1n) is 7.63. The van der Waals surface area contributed by atoms with E-state index in [9.17, 15) is 4.79 Å². The normalized spacial score (nSPS) is 10.5. The fourth-order valence-electron chi connectivity index (χ4n) is 2.42. The molecule has 3 rings (SSSR count). The van der Waals surface area contributed by atoms with Crippen molar-refractivity contribution in [2.75, 3.05) is 24.3 Å². The molecule has 0 aliphatic carbocycles. The summed E-state index contributed by atoms with van der Waals surface area (Å²) in [5.74, 6) is -0.274. The van der Waals surface area contributed by atoms with E-state index in [0.29, 0.717) is 11.4 Å². The Kier molecular flexibility index (Phi) is 4.29. The number of nitrogens with one attached hydrogen (secondary N) is 1. The van der Waals surface area contributed by atoms with Crippen LogP contribution in [0.15, 0.2) is 54.6 Å². The molecule has 6 heteroatoms. The van der Waals surface area contributed by atoms with E-state index in [1.807, 2.05) is 73.6 Å². The first kappa shape index (κ1) is 15.7. The number of benzene rings is 2. The van der Waals surface area contributed by atoms with Crippen molar-refractivity contribution in [1.29, 1.82) is 0 Å². The van der Waals surface area contributed by atoms with Crippen molar-refractivity contribution in [3.8, 4) is 5.69 Å². The molecule has 0 unspecified atom stereocenters. The number of amides is 1. The fraction of sp³-hybridized carbons (Fsp3) is 0.167. The van der Waals surface area contributed by atoms with Crippen molar-refractivity contribution in [3.05, 3.63) is 66.0 Å². The molecule has 6 nitrogen and oxygen atoms in total. The molecule has 0 fully saturated rings. The largest absolute Gasteiger partial charge is 0.376 e. The maximum Gasteiger partial charge on any atom is 0.278 e. The van der Waals surface area contributed by atoms with Gasteiger partial charge < -0.3 is 10.2 Å². The van der Waals surface area contributed by atoms with Gasteiger partial charge in [0.1, 0.15) is 0 Å². The highest BCUT2D eigenvalue weighted by Crippen LogP contribution is 2.24. The summed E-state index contributed by atoms with van der Waals surface area (Å²) < 4.78 is 0. The fourth-order valence-corrected chi connectivity index (χ4v) is 2.42. The summed E-state index contributed by atoms with van der Waals surface area (Å²) in [6, 6.07) is 17.1. The standard InChI is InChI=1S/C18H19N5O/c1-13-17(21-23(20-13)14-9-5-4-6-10-14)18(24)19-15-11-7-8-12-16(15)22(2)3/h4-12H,1-3H3,(H,19,24). The second kappa shape index (κ2) is 6.54. The predicted octanol–water partition coefficient (Wildman–Crippen LogP) is 2.89. The summed E-state index contributed by atoms with van der Waals surface area (Å²) in [5, 5.41) is 11.6. The zero-order chi connectivity index (χ0) is 17.1. The van der Waals surface area contributed by atoms with E-state index in [1.165, 1.54) is 4.80 Å². The van der Waals surface area contributed by atoms with Crippen LogP contribution >= 0.6 is 0 Å². The number of hydrogen-bond acceptors (Lipinski definition) is 4. The molecule has 2 aromatic carbocycles. The van der Waals surface area contributed by atoms with E-state index in [1.54, 1.807) is 6.92 Å². The Bertz CT molecular complexity index is 855. The van der Waals surface area contributed by atoms with E-state index in [-0.39, 0.29) is 5.91 Å². The van der Waals surface area contributed by atoms with Crippen LogP contribution in [0.3, 0.4) is 0 Å². The number of para-hydroxylation sites is 3. The molecule has 0 aliphatic rings. The van der Waals surface area contributed by atoms with Gasteiger partial charge in [0.25, 0.3) is 5.91 Å². The first-order valence-corrected chi connectivity index (χ1v) is 7.63. The van der Waals surface area contributed by atoms with Gasteiger partial charge in [-0.3, -0.25) is 4.79 Å². The number of carbonyl (C=O) groups is 1. The van der Waals surface area contributed by atoms with Gasteiger partial charge in [0, 0.05) is 14.1 Å². The zero-order valence-electron chi connectivity index (χ0n) is 13.9. The van der Waals surface area contributed by atoms with Crippen LogP contribution in [0.5, 0.6) is 0 Å². The summed E-state index contributed by atoms with van der Waals surface area (Å²) in [5.41, 5.74) is 3.37. The van der Waals surface area contributed by atoms with Crippen LogP contribution in [0.2, 0.25) is 0 Å². The van der Waals surface area contributed by atoms with Gasteiger partial charge in [-0.05, 0) is 31.2 Å². The summed E-state index contributed by atoms with van der Waals surface area (Å²) in [6.45, 7) is 1.78. The third-order valence-electron chi connectivity index (χ3n) is 3.62. The molecule has 24 heavy (non-hydrogen) atoms. The van der Waals surface area contributed by atoms with Crippen LogP contribution in [-0.4, -0.2) is 35.0 Å². The van der Waals surface area contributed by atoms with Gasteiger partial charge in [-0.2, -0.15) is 9.90 Å². The summed E-state index contributed by atoms with van der Waals surface area (Å²) in [7, 11) is 3.86. The van der Waals surface area contributed by atoms with Crippen molar-refractivity contribution < 1.29 is 4.79 Å². The smallest absolute Gasteiger partial charge is 0.278 e. The SMILES string of the molecule is Cc1nn(-c2ccccc2)nc1C(=O)Nc1ccccc1N(C)C. The topological polar surface area (TPSA) is 63.1 Å². The van der Waals surface area contributed by atoms with Crippen molar-refractivity contribution in [1.82, 2.24) is 15.0 Å². The Hall–Kier alpha value is -3.15. The number of nitrogens with zero attached hydrogens (tertiary/aromatic N) is 4. The number of anilines is 2. The van der Waals surface area contributed by atoms with Crippen LogP contribution in [0, 0.1) is 6.92 Å². The number of aromatic nitrogens is 3. The molecule has 122 valence electrons. The van der Waals surface area contributed by atoms with E-state index >= 15 is 0 Å². The number of hydrogen-bond donors (Lipinski definition) is 1. The predicted molar refractivity (Wildman–Crippen MR) is 94.8 cm³/mol. The van der Waals surface area contributed by atoms with Crippen LogP contribution < -0.4 is 10.2 Å². The maximum atomic E-state index is 12.6. The quantitative estimate of drug-likeness (QED) is 0.802. The van der Waals surface area contributed by atoms with E-state index in [2.05, 4.69) is 15.5 Å². The lowest BCUT2D eigenvalue weighted by Crippen LogP contribution is -2.18. The lowest BCUT2D eigenvalue weighted by Gasteiger charge is -2.17. The molecule has 0 radical (unpaired) electrons. The average molecular weight is 321 g/mol. The minimum Gasteiger partial charge on any atom is -0.376 e. The molecule has 1 heterocycles. The highest BCUT2D eigenvalue weighted by atomic mass is 16.2. The third-order valence-corrected chi connectivity index (χ3v) is 3.62. The molecule has 0 atom stereocenters. The van der Waals surface area contributed by atoms with Crippen LogP contribution in [0.1, 0.15) is 16.2 Å². The number of rotatable bonds is 4. The van der Waals surface area contributed by atoms with Gasteiger partial charge in [0.2, 0.25) is 0 Å². The molecule has 3 aromatic rings. The Morgan fingerprint density at radius 1 is 1.00 bits per heavy atom. The van der Waals surface area contributed by atoms with Gasteiger partial charge >= 0.3 is 0 Å². The molecule has 0 saturated heterocycles. The molecule has 0 spiro atoms. The van der Waals surface area contributed by atoms with Gasteiger partial charge in [-0.15, -0.1) is 5.10 Å². The Balaban J connectivity index is 1.88. The highest BCUT2D eigenvalue weighted by molar-refractivity contribution is 6.05. The van der Waals surface area contributed by atoms with Gasteiger partial charge in [-0.1, -0.05) is 30.3 Å². The van der Waals surface area contributed by atoms with Crippen molar-refractivity contribution in [2.45, 2.75) is 6.92 Å². The first-order chi connectivity index (χ1) is 11.6. The van der Waals surface area contributed by atoms with E-state index < -0.39 is 0 Å². The monoisotopic (exact) mass is 321 g/mol. The van der Waals surface area contributed by atoms with Crippen molar-refractivity contribution >= 4 is 17.3 Å². The molecule has 0 aliphatic heterocycles. The van der Waals surface area contributed by atoms with Crippen LogP contribution in [0.25, 0.3) is 5.69 Å². The second-order valence-electron chi connectivity index (χ2n) is 5.62. The number of aryl methyl sites for hydroxylation is 1. The van der Waals surface area contributed by atoms with Crippen molar-refractivity contribution in [2.24, 2.45) is 0 Å². The summed E-state index contributed by atoms with van der Waals surface area (Å²) in [6.07, 6.45) is 0. The average Bonchev–Trinajstić information content (AvgIpc) is 2.98. The van der Waals surface area contributed by atoms with Gasteiger partial charge in [-0.25, -0.2) is 0 Å². The molecule has 1 amide bonds. The van der Waals surface area contributed by atoms with E-state index in [0.717, 1.165) is 17.1 Å². The van der Waals surface area contributed by atoms with Gasteiger partial charge in [0.15, 0.2) is 5.69 Å². The Labute approximate surface area is 140 Å². The highest BCUT2D eigenvalue weighted by Gasteiger charge is 2.17. The molecular formula is C18H19N5O. The lowest BCUT2D eigenvalue weighted by atomic mass is 10.2. The lowest BCUT2D eigenvalue weighted by molar-refractivity contribution is 0.102. The Morgan fingerprint density at radius 2 is 1.67 bits per heavy atom. The zero-order valence-corrected chi connectivity index (χ0v) is 13.9. The van der Waals surface area contributed by atoms with E-state index in [4.69, 9.17) is 0 Å². The molecular weight excluding hydrogens is 302 g/mol. The second-order valence-corrected chi connectivity index (χ2v) is 5.62. The Morgan fingerprint density at radius 3 is 2.38 bits per heavy atom. The van der Waals surface area contributed by atoms with Crippen LogP contribution in [0.4, 0.5) is 11.4 Å². The summed E-state index contributed by atoms with van der Waals surface area (Å²) in [4.78, 5) is 16.0. The molecule has 0 bridgehead atoms. The molecule has 1 aromatic heterocycles. The molecule has 0 saturated carbocycles. The van der Waals surface area contributed by atoms with Gasteiger partial charge in [0.05, 0.1) is 22.8 Å². The third kappa shape index (κ3) is 3.12. The summed E-state index contributed by atoms with van der Waals surface area (Å²) >= 11 is 0. The maximum absolute atomic E-state index is 12.6. The number of carbonyl (C=O) groups excluding carboxylic acids is 1. The van der Waals surface area contributed by atoms with Crippen LogP contribution in [-0.2, 0) is 0 Å². The molecule has 1 N–H and O–H groups in total. The van der Waals surface area contributed by atoms with Crippen molar-refractivity contribution in [3.63, 3.8) is 0 Å². The minimum absolute atomic E-state index is 0.274.